The van der Waals surface area contributed by atoms with Crippen LogP contribution in [0.1, 0.15) is 16.3 Å². The van der Waals surface area contributed by atoms with Crippen LogP contribution in [0.5, 0.6) is 17.2 Å². The van der Waals surface area contributed by atoms with E-state index in [0.717, 1.165) is 0 Å². The van der Waals surface area contributed by atoms with E-state index >= 15 is 0 Å². The van der Waals surface area contributed by atoms with Crippen LogP contribution in [0.4, 0.5) is 4.39 Å². The Bertz CT molecular complexity index is 1250. The van der Waals surface area contributed by atoms with Gasteiger partial charge >= 0.3 is 5.97 Å². The molecule has 0 amide bonds. The van der Waals surface area contributed by atoms with Gasteiger partial charge in [0, 0.05) is 6.07 Å². The lowest BCUT2D eigenvalue weighted by Gasteiger charge is -2.07. The minimum absolute atomic E-state index is 0.0197. The largest absolute Gasteiger partial charge is 0.486 e. The molecule has 0 bridgehead atoms. The molecule has 4 aromatic rings. The third-order valence-corrected chi connectivity index (χ3v) is 4.19. The number of carbonyl (C=O) groups excluding carboxylic acids is 1. The highest BCUT2D eigenvalue weighted by atomic mass is 19.1. The third kappa shape index (κ3) is 4.02. The van der Waals surface area contributed by atoms with Gasteiger partial charge in [-0.05, 0) is 48.5 Å². The van der Waals surface area contributed by atoms with E-state index in [1.165, 1.54) is 43.7 Å². The Morgan fingerprint density at radius 2 is 1.80 bits per heavy atom. The van der Waals surface area contributed by atoms with Crippen molar-refractivity contribution in [3.63, 3.8) is 0 Å². The van der Waals surface area contributed by atoms with Crippen LogP contribution in [0.15, 0.2) is 74.5 Å². The van der Waals surface area contributed by atoms with Crippen molar-refractivity contribution in [1.82, 2.24) is 0 Å². The van der Waals surface area contributed by atoms with Gasteiger partial charge in [-0.1, -0.05) is 0 Å². The number of esters is 1. The Labute approximate surface area is 169 Å². The summed E-state index contributed by atoms with van der Waals surface area (Å²) in [6.07, 6.45) is 1.19. The predicted molar refractivity (Wildman–Crippen MR) is 103 cm³/mol. The molecule has 30 heavy (non-hydrogen) atoms. The molecule has 0 atom stereocenters. The quantitative estimate of drug-likeness (QED) is 0.426. The van der Waals surface area contributed by atoms with Crippen LogP contribution in [0.3, 0.4) is 0 Å². The maximum absolute atomic E-state index is 13.0. The molecule has 0 aliphatic heterocycles. The van der Waals surface area contributed by atoms with Crippen LogP contribution < -0.4 is 14.9 Å². The van der Waals surface area contributed by atoms with Gasteiger partial charge in [-0.2, -0.15) is 0 Å². The van der Waals surface area contributed by atoms with Gasteiger partial charge in [0.25, 0.3) is 0 Å². The van der Waals surface area contributed by atoms with Crippen LogP contribution in [0.25, 0.3) is 11.0 Å². The number of fused-ring (bicyclic) bond motifs is 1. The van der Waals surface area contributed by atoms with E-state index < -0.39 is 11.8 Å². The normalized spacial score (nSPS) is 10.7. The fraction of sp³-hybridized carbons (Fsp3) is 0.0909. The van der Waals surface area contributed by atoms with Gasteiger partial charge < -0.3 is 23.0 Å². The summed E-state index contributed by atoms with van der Waals surface area (Å²) < 4.78 is 39.5. The Morgan fingerprint density at radius 3 is 2.57 bits per heavy atom. The van der Waals surface area contributed by atoms with E-state index in [0.29, 0.717) is 28.2 Å². The Hall–Kier alpha value is -4.07. The smallest absolute Gasteiger partial charge is 0.373 e. The highest BCUT2D eigenvalue weighted by Crippen LogP contribution is 2.25. The van der Waals surface area contributed by atoms with E-state index in [1.54, 1.807) is 24.3 Å². The third-order valence-electron chi connectivity index (χ3n) is 4.19. The summed E-state index contributed by atoms with van der Waals surface area (Å²) in [5.41, 5.74) is -0.0699. The number of methoxy groups -OCH3 is 1. The zero-order valence-corrected chi connectivity index (χ0v) is 15.7. The molecular formula is C22H15FO7. The molecule has 0 unspecified atom stereocenters. The monoisotopic (exact) mass is 410 g/mol. The summed E-state index contributed by atoms with van der Waals surface area (Å²) in [5, 5.41) is 0.299. The summed E-state index contributed by atoms with van der Waals surface area (Å²) in [6, 6.07) is 13.1. The van der Waals surface area contributed by atoms with Gasteiger partial charge in [-0.25, -0.2) is 9.18 Å². The summed E-state index contributed by atoms with van der Waals surface area (Å²) in [6.45, 7) is 0.0680. The Kier molecular flexibility index (Phi) is 5.21. The van der Waals surface area contributed by atoms with Crippen molar-refractivity contribution in [3.8, 4) is 17.2 Å². The van der Waals surface area contributed by atoms with Crippen molar-refractivity contribution >= 4 is 16.9 Å². The molecule has 0 aliphatic rings. The first-order chi connectivity index (χ1) is 14.5. The fourth-order valence-corrected chi connectivity index (χ4v) is 2.70. The molecule has 0 saturated heterocycles. The van der Waals surface area contributed by atoms with Crippen LogP contribution in [-0.2, 0) is 11.3 Å². The van der Waals surface area contributed by atoms with Gasteiger partial charge in [0.05, 0.1) is 12.5 Å². The van der Waals surface area contributed by atoms with E-state index in [4.69, 9.17) is 18.3 Å². The fourth-order valence-electron chi connectivity index (χ4n) is 2.70. The zero-order chi connectivity index (χ0) is 21.1. The number of rotatable bonds is 6. The second-order valence-electron chi connectivity index (χ2n) is 6.19. The maximum Gasteiger partial charge on any atom is 0.373 e. The number of halogens is 1. The molecule has 2 aromatic heterocycles. The second kappa shape index (κ2) is 8.12. The second-order valence-corrected chi connectivity index (χ2v) is 6.19. The van der Waals surface area contributed by atoms with Crippen LogP contribution in [0, 0.1) is 5.82 Å². The molecule has 0 aliphatic carbocycles. The Balaban J connectivity index is 1.50. The van der Waals surface area contributed by atoms with E-state index in [9.17, 15) is 14.0 Å². The van der Waals surface area contributed by atoms with Crippen molar-refractivity contribution in [1.29, 1.82) is 0 Å². The minimum atomic E-state index is -0.576. The molecule has 0 spiro atoms. The van der Waals surface area contributed by atoms with Crippen LogP contribution >= 0.6 is 0 Å². The first-order valence-electron chi connectivity index (χ1n) is 8.82. The lowest BCUT2D eigenvalue weighted by molar-refractivity contribution is 0.0561. The first kappa shape index (κ1) is 19.3. The number of furan rings is 1. The SMILES string of the molecule is COC(=O)c1ccc(COc2ccc3c(=O)c(Oc4ccc(F)cc4)coc3c2)o1. The number of benzene rings is 2. The first-order valence-corrected chi connectivity index (χ1v) is 8.82. The molecule has 0 radical (unpaired) electrons. The van der Waals surface area contributed by atoms with Gasteiger partial charge in [-0.3, -0.25) is 4.79 Å². The molecule has 0 saturated carbocycles. The van der Waals surface area contributed by atoms with Gasteiger partial charge in [0.15, 0.2) is 0 Å². The topological polar surface area (TPSA) is 88.1 Å². The van der Waals surface area contributed by atoms with Crippen LogP contribution in [-0.4, -0.2) is 13.1 Å². The zero-order valence-electron chi connectivity index (χ0n) is 15.7. The minimum Gasteiger partial charge on any atom is -0.486 e. The van der Waals surface area contributed by atoms with Crippen LogP contribution in [0.2, 0.25) is 0 Å². The number of carbonyl (C=O) groups is 1. The molecule has 0 N–H and O–H groups in total. The summed E-state index contributed by atoms with van der Waals surface area (Å²) >= 11 is 0. The molecule has 7 nitrogen and oxygen atoms in total. The molecule has 8 heteroatoms. The summed E-state index contributed by atoms with van der Waals surface area (Å²) in [5.74, 6) is 0.258. The average Bonchev–Trinajstić information content (AvgIpc) is 3.24. The Morgan fingerprint density at radius 1 is 1.03 bits per heavy atom. The molecule has 2 heterocycles. The summed E-state index contributed by atoms with van der Waals surface area (Å²) in [4.78, 5) is 24.0. The average molecular weight is 410 g/mol. The number of hydrogen-bond acceptors (Lipinski definition) is 7. The molecule has 0 fully saturated rings. The molecule has 4 rings (SSSR count). The maximum atomic E-state index is 13.0. The molecular weight excluding hydrogens is 395 g/mol. The lowest BCUT2D eigenvalue weighted by Crippen LogP contribution is -2.05. The van der Waals surface area contributed by atoms with Gasteiger partial charge in [0.2, 0.25) is 16.9 Å². The molecule has 2 aromatic carbocycles. The lowest BCUT2D eigenvalue weighted by atomic mass is 10.2. The number of hydrogen-bond donors (Lipinski definition) is 0. The predicted octanol–water partition coefficient (Wildman–Crippen LogP) is 4.68. The number of ether oxygens (including phenoxy) is 3. The standard InChI is InChI=1S/C22H15FO7/c1-26-22(25)18-9-7-16(30-18)11-27-15-6-8-17-19(10-15)28-12-20(21(17)24)29-14-4-2-13(23)3-5-14/h2-10,12H,11H2,1H3. The highest BCUT2D eigenvalue weighted by molar-refractivity contribution is 5.86. The van der Waals surface area contributed by atoms with Gasteiger partial charge in [-0.15, -0.1) is 0 Å². The van der Waals surface area contributed by atoms with Crippen molar-refractivity contribution in [3.05, 3.63) is 88.4 Å². The highest BCUT2D eigenvalue weighted by Gasteiger charge is 2.13. The van der Waals surface area contributed by atoms with Crippen molar-refractivity contribution < 1.29 is 32.2 Å². The molecule has 152 valence electrons. The van der Waals surface area contributed by atoms with Crippen molar-refractivity contribution in [2.45, 2.75) is 6.61 Å². The van der Waals surface area contributed by atoms with E-state index in [2.05, 4.69) is 4.74 Å². The van der Waals surface area contributed by atoms with Crippen molar-refractivity contribution in [2.75, 3.05) is 7.11 Å². The summed E-state index contributed by atoms with van der Waals surface area (Å²) in [7, 11) is 1.26. The van der Waals surface area contributed by atoms with E-state index in [-0.39, 0.29) is 23.5 Å². The van der Waals surface area contributed by atoms with E-state index in [1.807, 2.05) is 0 Å². The van der Waals surface area contributed by atoms with Gasteiger partial charge in [0.1, 0.15) is 41.5 Å². The van der Waals surface area contributed by atoms with Crippen molar-refractivity contribution in [2.24, 2.45) is 0 Å².